The zero-order valence-corrected chi connectivity index (χ0v) is 6.13. The molecule has 0 bridgehead atoms. The molecular weight excluding hydrogens is 114 g/mol. The molecule has 0 saturated heterocycles. The second-order valence-corrected chi connectivity index (χ2v) is 1.48. The number of hydrogen-bond acceptors (Lipinski definition) is 1. The van der Waals surface area contributed by atoms with Crippen LogP contribution in [0.3, 0.4) is 0 Å². The molecule has 0 aromatic rings. The van der Waals surface area contributed by atoms with Crippen LogP contribution >= 0.6 is 0 Å². The van der Waals surface area contributed by atoms with Gasteiger partial charge in [0.15, 0.2) is 5.96 Å². The molecular formula is C6H13N3. The Hall–Kier alpha value is -1.17. The Kier molecular flexibility index (Phi) is 8.16. The van der Waals surface area contributed by atoms with Gasteiger partial charge in [0.1, 0.15) is 0 Å². The van der Waals surface area contributed by atoms with Crippen molar-refractivity contribution in [1.29, 1.82) is 0 Å². The van der Waals surface area contributed by atoms with E-state index in [9.17, 15) is 0 Å². The van der Waals surface area contributed by atoms with Gasteiger partial charge >= 0.3 is 0 Å². The van der Waals surface area contributed by atoms with E-state index in [0.29, 0.717) is 5.96 Å². The molecule has 0 aliphatic carbocycles. The summed E-state index contributed by atoms with van der Waals surface area (Å²) in [6.07, 6.45) is 8.00. The minimum atomic E-state index is 0.556. The maximum atomic E-state index is 5.29. The average Bonchev–Trinajstić information content (AvgIpc) is 1.91. The molecule has 0 fully saturated rings. The van der Waals surface area contributed by atoms with Gasteiger partial charge in [-0.3, -0.25) is 4.99 Å². The summed E-state index contributed by atoms with van der Waals surface area (Å²) in [7, 11) is 5.36. The Morgan fingerprint density at radius 2 is 1.78 bits per heavy atom. The van der Waals surface area contributed by atoms with Crippen LogP contribution in [0.1, 0.15) is 0 Å². The van der Waals surface area contributed by atoms with E-state index in [-0.39, 0.29) is 0 Å². The van der Waals surface area contributed by atoms with Gasteiger partial charge in [-0.2, -0.15) is 0 Å². The number of hydrogen-bond donors (Lipinski definition) is 1. The summed E-state index contributed by atoms with van der Waals surface area (Å²) in [6, 6.07) is 0. The van der Waals surface area contributed by atoms with Crippen LogP contribution in [0.15, 0.2) is 4.99 Å². The molecule has 0 aliphatic rings. The van der Waals surface area contributed by atoms with Crippen molar-refractivity contribution >= 4 is 5.96 Å². The van der Waals surface area contributed by atoms with E-state index in [2.05, 4.69) is 17.8 Å². The first-order valence-corrected chi connectivity index (χ1v) is 2.41. The SMILES string of the molecule is C#C.CN=C(N)N(C)C. The Morgan fingerprint density at radius 3 is 1.78 bits per heavy atom. The third-order valence-electron chi connectivity index (χ3n) is 0.687. The number of nitrogens with two attached hydrogens (primary N) is 1. The van der Waals surface area contributed by atoms with Crippen LogP contribution in [0.25, 0.3) is 0 Å². The molecule has 0 aromatic heterocycles. The summed E-state index contributed by atoms with van der Waals surface area (Å²) in [5.41, 5.74) is 5.29. The van der Waals surface area contributed by atoms with E-state index >= 15 is 0 Å². The van der Waals surface area contributed by atoms with Crippen LogP contribution in [0.5, 0.6) is 0 Å². The molecule has 0 amide bonds. The standard InChI is InChI=1S/C4H11N3.C2H2/c1-6-4(5)7(2)3;1-2/h1-3H3,(H2,5,6);1-2H. The first-order valence-electron chi connectivity index (χ1n) is 2.41. The topological polar surface area (TPSA) is 41.6 Å². The Labute approximate surface area is 56.6 Å². The lowest BCUT2D eigenvalue weighted by Gasteiger charge is -2.07. The molecule has 3 heteroatoms. The highest BCUT2D eigenvalue weighted by molar-refractivity contribution is 5.77. The smallest absolute Gasteiger partial charge is 0.190 e. The second-order valence-electron chi connectivity index (χ2n) is 1.48. The molecule has 0 spiro atoms. The molecule has 2 N–H and O–H groups in total. The van der Waals surface area contributed by atoms with Crippen molar-refractivity contribution in [3.05, 3.63) is 0 Å². The third-order valence-corrected chi connectivity index (χ3v) is 0.687. The molecule has 9 heavy (non-hydrogen) atoms. The maximum absolute atomic E-state index is 5.29. The molecule has 0 heterocycles. The maximum Gasteiger partial charge on any atom is 0.190 e. The molecule has 0 aromatic carbocycles. The summed E-state index contributed by atoms with van der Waals surface area (Å²) in [5.74, 6) is 0.556. The summed E-state index contributed by atoms with van der Waals surface area (Å²) in [4.78, 5) is 5.46. The lowest BCUT2D eigenvalue weighted by atomic mass is 10.8. The average molecular weight is 127 g/mol. The van der Waals surface area contributed by atoms with Crippen molar-refractivity contribution in [2.24, 2.45) is 10.7 Å². The van der Waals surface area contributed by atoms with Crippen molar-refractivity contribution < 1.29 is 0 Å². The Morgan fingerprint density at radius 1 is 1.44 bits per heavy atom. The first-order chi connectivity index (χ1) is 4.18. The molecule has 0 rings (SSSR count). The van der Waals surface area contributed by atoms with Gasteiger partial charge < -0.3 is 10.6 Å². The normalized spacial score (nSPS) is 9.22. The second kappa shape index (κ2) is 6.83. The minimum absolute atomic E-state index is 0.556. The van der Waals surface area contributed by atoms with Gasteiger partial charge in [0, 0.05) is 21.1 Å². The summed E-state index contributed by atoms with van der Waals surface area (Å²) in [6.45, 7) is 0. The molecule has 0 unspecified atom stereocenters. The van der Waals surface area contributed by atoms with Gasteiger partial charge in [-0.05, 0) is 0 Å². The third kappa shape index (κ3) is 6.83. The fourth-order valence-corrected chi connectivity index (χ4v) is 0.200. The number of rotatable bonds is 0. The van der Waals surface area contributed by atoms with Gasteiger partial charge in [0.05, 0.1) is 0 Å². The molecule has 0 saturated carbocycles. The van der Waals surface area contributed by atoms with Crippen LogP contribution in [0, 0.1) is 12.8 Å². The first kappa shape index (κ1) is 10.7. The van der Waals surface area contributed by atoms with Gasteiger partial charge in [0.25, 0.3) is 0 Å². The molecule has 0 aliphatic heterocycles. The highest BCUT2D eigenvalue weighted by Gasteiger charge is 1.86. The minimum Gasteiger partial charge on any atom is -0.370 e. The lowest BCUT2D eigenvalue weighted by molar-refractivity contribution is 0.613. The summed E-state index contributed by atoms with van der Waals surface area (Å²) in [5, 5.41) is 0. The van der Waals surface area contributed by atoms with E-state index in [4.69, 9.17) is 5.73 Å². The molecule has 0 radical (unpaired) electrons. The van der Waals surface area contributed by atoms with Gasteiger partial charge in [-0.25, -0.2) is 0 Å². The summed E-state index contributed by atoms with van der Waals surface area (Å²) < 4.78 is 0. The quantitative estimate of drug-likeness (QED) is 0.277. The van der Waals surface area contributed by atoms with Crippen LogP contribution in [0.2, 0.25) is 0 Å². The molecule has 52 valence electrons. The zero-order valence-electron chi connectivity index (χ0n) is 6.13. The largest absolute Gasteiger partial charge is 0.370 e. The number of guanidine groups is 1. The van der Waals surface area contributed by atoms with Gasteiger partial charge in [0.2, 0.25) is 0 Å². The predicted octanol–water partition coefficient (Wildman–Crippen LogP) is -0.258. The van der Waals surface area contributed by atoms with Crippen molar-refractivity contribution in [3.8, 4) is 12.8 Å². The van der Waals surface area contributed by atoms with E-state index in [1.165, 1.54) is 0 Å². The highest BCUT2D eigenvalue weighted by Crippen LogP contribution is 1.68. The zero-order chi connectivity index (χ0) is 7.86. The van der Waals surface area contributed by atoms with Crippen LogP contribution in [0.4, 0.5) is 0 Å². The van der Waals surface area contributed by atoms with E-state index in [0.717, 1.165) is 0 Å². The number of terminal acetylenes is 1. The van der Waals surface area contributed by atoms with Crippen LogP contribution in [-0.4, -0.2) is 32.0 Å². The fourth-order valence-electron chi connectivity index (χ4n) is 0.200. The Balaban J connectivity index is 0. The monoisotopic (exact) mass is 127 g/mol. The van der Waals surface area contributed by atoms with Crippen LogP contribution < -0.4 is 5.73 Å². The van der Waals surface area contributed by atoms with Crippen molar-refractivity contribution in [2.45, 2.75) is 0 Å². The number of nitrogens with zero attached hydrogens (tertiary/aromatic N) is 2. The highest BCUT2D eigenvalue weighted by atomic mass is 15.2. The van der Waals surface area contributed by atoms with Crippen molar-refractivity contribution in [3.63, 3.8) is 0 Å². The van der Waals surface area contributed by atoms with Crippen LogP contribution in [-0.2, 0) is 0 Å². The number of aliphatic imine (C=N–C) groups is 1. The summed E-state index contributed by atoms with van der Waals surface area (Å²) >= 11 is 0. The van der Waals surface area contributed by atoms with Gasteiger partial charge in [-0.15, -0.1) is 12.8 Å². The van der Waals surface area contributed by atoms with E-state index in [1.54, 1.807) is 11.9 Å². The predicted molar refractivity (Wildman–Crippen MR) is 41.1 cm³/mol. The van der Waals surface area contributed by atoms with E-state index in [1.807, 2.05) is 14.1 Å². The van der Waals surface area contributed by atoms with Crippen molar-refractivity contribution in [1.82, 2.24) is 4.90 Å². The fraction of sp³-hybridized carbons (Fsp3) is 0.500. The molecule has 3 nitrogen and oxygen atoms in total. The molecule has 0 atom stereocenters. The van der Waals surface area contributed by atoms with E-state index < -0.39 is 0 Å². The Bertz CT molecular complexity index is 102. The lowest BCUT2D eigenvalue weighted by Crippen LogP contribution is -2.29. The van der Waals surface area contributed by atoms with Gasteiger partial charge in [-0.1, -0.05) is 0 Å². The van der Waals surface area contributed by atoms with Crippen molar-refractivity contribution in [2.75, 3.05) is 21.1 Å².